The summed E-state index contributed by atoms with van der Waals surface area (Å²) in [5, 5.41) is 10.8. The average Bonchev–Trinajstić information content (AvgIpc) is 3.91. The van der Waals surface area contributed by atoms with Crippen molar-refractivity contribution in [2.75, 3.05) is 0 Å². The van der Waals surface area contributed by atoms with Gasteiger partial charge in [-0.1, -0.05) is 170 Å². The van der Waals surface area contributed by atoms with Crippen LogP contribution in [-0.4, -0.2) is 17.2 Å². The number of hydrogen-bond acceptors (Lipinski definition) is 0. The molecule has 3 heteroatoms. The van der Waals surface area contributed by atoms with E-state index in [0.29, 0.717) is 0 Å². The molecule has 2 aromatic heterocycles. The maximum atomic E-state index is 2.46. The Morgan fingerprint density at radius 1 is 0.298 bits per heavy atom. The molecule has 1 aliphatic rings. The molecule has 57 heavy (non-hydrogen) atoms. The summed E-state index contributed by atoms with van der Waals surface area (Å²) >= 11 is 0. The van der Waals surface area contributed by atoms with Crippen LogP contribution in [0.15, 0.2) is 218 Å². The Kier molecular flexibility index (Phi) is 6.98. The highest BCUT2D eigenvalue weighted by molar-refractivity contribution is 7.22. The van der Waals surface area contributed by atoms with Crippen molar-refractivity contribution in [3.63, 3.8) is 0 Å². The van der Waals surface area contributed by atoms with Crippen molar-refractivity contribution in [1.82, 2.24) is 9.13 Å². The van der Waals surface area contributed by atoms with Gasteiger partial charge in [-0.3, -0.25) is 0 Å². The van der Waals surface area contributed by atoms with Crippen molar-refractivity contribution < 1.29 is 0 Å². The summed E-state index contributed by atoms with van der Waals surface area (Å²) in [4.78, 5) is 0. The van der Waals surface area contributed by atoms with Crippen LogP contribution in [0.25, 0.3) is 77.2 Å². The number of aromatic nitrogens is 2. The lowest BCUT2D eigenvalue weighted by Crippen LogP contribution is -2.72. The molecule has 266 valence electrons. The molecule has 12 rings (SSSR count). The van der Waals surface area contributed by atoms with E-state index < -0.39 is 8.07 Å². The zero-order chi connectivity index (χ0) is 37.5. The smallest absolute Gasteiger partial charge is 0.180 e. The molecule has 0 saturated carbocycles. The first-order valence-corrected chi connectivity index (χ1v) is 21.8. The lowest BCUT2D eigenvalue weighted by Gasteiger charge is -2.31. The minimum Gasteiger partial charge on any atom is -0.309 e. The van der Waals surface area contributed by atoms with Crippen molar-refractivity contribution in [3.8, 4) is 33.6 Å². The summed E-state index contributed by atoms with van der Waals surface area (Å²) in [6.45, 7) is 0. The Morgan fingerprint density at radius 2 is 0.807 bits per heavy atom. The van der Waals surface area contributed by atoms with E-state index in [9.17, 15) is 0 Å². The highest BCUT2D eigenvalue weighted by atomic mass is 28.3. The Balaban J connectivity index is 1.07. The highest BCUT2D eigenvalue weighted by Crippen LogP contribution is 2.39. The second-order valence-electron chi connectivity index (χ2n) is 15.2. The molecule has 0 saturated heterocycles. The zero-order valence-electron chi connectivity index (χ0n) is 31.2. The molecule has 11 aromatic rings. The van der Waals surface area contributed by atoms with E-state index in [0.717, 1.165) is 0 Å². The minimum absolute atomic E-state index is 1.17. The van der Waals surface area contributed by atoms with Crippen LogP contribution in [0.1, 0.15) is 0 Å². The molecule has 0 spiro atoms. The second-order valence-corrected chi connectivity index (χ2v) is 19.0. The highest BCUT2D eigenvalue weighted by Gasteiger charge is 2.48. The largest absolute Gasteiger partial charge is 0.309 e. The van der Waals surface area contributed by atoms with E-state index in [2.05, 4.69) is 228 Å². The number of para-hydroxylation sites is 4. The number of fused-ring (bicyclic) bond motifs is 9. The van der Waals surface area contributed by atoms with Crippen LogP contribution in [0.4, 0.5) is 0 Å². The molecule has 0 amide bonds. The van der Waals surface area contributed by atoms with Crippen molar-refractivity contribution in [2.45, 2.75) is 0 Å². The normalized spacial score (nSPS) is 14.7. The summed E-state index contributed by atoms with van der Waals surface area (Å²) in [7, 11) is -2.72. The first-order chi connectivity index (χ1) is 28.3. The number of hydrogen-bond donors (Lipinski definition) is 0. The Labute approximate surface area is 332 Å². The van der Waals surface area contributed by atoms with E-state index in [1.165, 1.54) is 98.0 Å². The van der Waals surface area contributed by atoms with Crippen LogP contribution in [0.2, 0.25) is 0 Å². The zero-order valence-corrected chi connectivity index (χ0v) is 32.2. The van der Waals surface area contributed by atoms with E-state index in [4.69, 9.17) is 0 Å². The maximum Gasteiger partial charge on any atom is 0.180 e. The molecule has 2 nitrogen and oxygen atoms in total. The Bertz CT molecular complexity index is 3290. The third kappa shape index (κ3) is 4.52. The molecule has 0 radical (unpaired) electrons. The standard InChI is InChI=1S/C54H36N2Si/c1-3-16-38(17-4-1)55-50-27-13-9-23-46(50)54-42(24-15-28-51(54)55)37-30-33-41(34-31-37)57(40-18-5-2-6-19-40)52-29-14-10-22-45(52)47-36-39(32-35-53(47)57)56-48-25-11-7-20-43(48)44-21-8-12-26-49(44)56/h1-36H. The van der Waals surface area contributed by atoms with Gasteiger partial charge < -0.3 is 9.13 Å². The van der Waals surface area contributed by atoms with Gasteiger partial charge in [0.2, 0.25) is 0 Å². The fourth-order valence-electron chi connectivity index (χ4n) is 10.1. The van der Waals surface area contributed by atoms with E-state index in [-0.39, 0.29) is 0 Å². The monoisotopic (exact) mass is 740 g/mol. The predicted molar refractivity (Wildman–Crippen MR) is 243 cm³/mol. The van der Waals surface area contributed by atoms with Gasteiger partial charge in [-0.25, -0.2) is 0 Å². The molecule has 0 fully saturated rings. The van der Waals surface area contributed by atoms with Gasteiger partial charge in [-0.15, -0.1) is 0 Å². The second kappa shape index (κ2) is 12.4. The van der Waals surface area contributed by atoms with Crippen molar-refractivity contribution in [3.05, 3.63) is 218 Å². The number of nitrogens with zero attached hydrogens (tertiary/aromatic N) is 2. The summed E-state index contributed by atoms with van der Waals surface area (Å²) in [5.41, 5.74) is 12.4. The SMILES string of the molecule is c1ccc(-n2c3ccccc3c3c(-c4ccc([Si]5(c6ccccc6)c6ccccc6-c6cc(-n7c8ccccc8c8ccccc87)ccc65)cc4)cccc32)cc1. The van der Waals surface area contributed by atoms with Crippen LogP contribution >= 0.6 is 0 Å². The summed E-state index contributed by atoms with van der Waals surface area (Å²) in [5.74, 6) is 0. The lowest BCUT2D eigenvalue weighted by atomic mass is 9.99. The van der Waals surface area contributed by atoms with Crippen LogP contribution in [0, 0.1) is 0 Å². The summed E-state index contributed by atoms with van der Waals surface area (Å²) in [6.07, 6.45) is 0. The topological polar surface area (TPSA) is 9.86 Å². The van der Waals surface area contributed by atoms with Gasteiger partial charge in [0, 0.05) is 32.9 Å². The van der Waals surface area contributed by atoms with Crippen LogP contribution in [-0.2, 0) is 0 Å². The minimum atomic E-state index is -2.72. The third-order valence-electron chi connectivity index (χ3n) is 12.4. The molecule has 0 N–H and O–H groups in total. The molecule has 0 bridgehead atoms. The molecule has 0 aliphatic carbocycles. The first kappa shape index (κ1) is 32.1. The molecule has 1 unspecified atom stereocenters. The van der Waals surface area contributed by atoms with Gasteiger partial charge in [0.15, 0.2) is 8.07 Å². The van der Waals surface area contributed by atoms with Crippen LogP contribution < -0.4 is 20.7 Å². The average molecular weight is 741 g/mol. The predicted octanol–water partition coefficient (Wildman–Crippen LogP) is 10.9. The summed E-state index contributed by atoms with van der Waals surface area (Å²) in [6, 6.07) is 81.3. The molecule has 1 aliphatic heterocycles. The number of benzene rings is 9. The van der Waals surface area contributed by atoms with Crippen LogP contribution in [0.5, 0.6) is 0 Å². The lowest BCUT2D eigenvalue weighted by molar-refractivity contribution is 1.18. The Hall–Kier alpha value is -7.20. The maximum absolute atomic E-state index is 2.72. The van der Waals surface area contributed by atoms with Crippen molar-refractivity contribution in [1.29, 1.82) is 0 Å². The van der Waals surface area contributed by atoms with Gasteiger partial charge in [-0.2, -0.15) is 0 Å². The van der Waals surface area contributed by atoms with Crippen molar-refractivity contribution in [2.24, 2.45) is 0 Å². The fraction of sp³-hybridized carbons (Fsp3) is 0. The molecular formula is C54H36N2Si. The molecule has 9 aromatic carbocycles. The quantitative estimate of drug-likeness (QED) is 0.156. The molecule has 1 atom stereocenters. The van der Waals surface area contributed by atoms with E-state index in [1.807, 2.05) is 0 Å². The van der Waals surface area contributed by atoms with E-state index >= 15 is 0 Å². The molecule has 3 heterocycles. The van der Waals surface area contributed by atoms with Gasteiger partial charge in [-0.05, 0) is 91.5 Å². The fourth-order valence-corrected chi connectivity index (χ4v) is 15.2. The summed E-state index contributed by atoms with van der Waals surface area (Å²) < 4.78 is 4.85. The first-order valence-electron chi connectivity index (χ1n) is 19.8. The molecular weight excluding hydrogens is 705 g/mol. The van der Waals surface area contributed by atoms with Crippen molar-refractivity contribution >= 4 is 72.4 Å². The van der Waals surface area contributed by atoms with Gasteiger partial charge >= 0.3 is 0 Å². The van der Waals surface area contributed by atoms with E-state index in [1.54, 1.807) is 0 Å². The van der Waals surface area contributed by atoms with Crippen LogP contribution in [0.3, 0.4) is 0 Å². The third-order valence-corrected chi connectivity index (χ3v) is 17.3. The van der Waals surface area contributed by atoms with Gasteiger partial charge in [0.25, 0.3) is 0 Å². The van der Waals surface area contributed by atoms with Gasteiger partial charge in [0.1, 0.15) is 0 Å². The number of rotatable bonds is 5. The Morgan fingerprint density at radius 3 is 1.53 bits per heavy atom. The van der Waals surface area contributed by atoms with Gasteiger partial charge in [0.05, 0.1) is 22.1 Å².